The first-order valence-electron chi connectivity index (χ1n) is 43.1. The summed E-state index contributed by atoms with van der Waals surface area (Å²) in [6, 6.07) is 89.9. The fourth-order valence-corrected chi connectivity index (χ4v) is 19.4. The molecular weight excluding hydrogens is 1520 g/mol. The zero-order chi connectivity index (χ0) is 76.8. The highest BCUT2D eigenvalue weighted by molar-refractivity contribution is 7.81. The van der Waals surface area contributed by atoms with Gasteiger partial charge in [0.25, 0.3) is 0 Å². The molecule has 0 spiro atoms. The molecule has 0 aromatic heterocycles. The van der Waals surface area contributed by atoms with Crippen molar-refractivity contribution in [2.75, 3.05) is 0 Å². The second-order valence-corrected chi connectivity index (χ2v) is 35.4. The molecule has 5 saturated carbocycles. The summed E-state index contributed by atoms with van der Waals surface area (Å²) in [5.74, 6) is 7.41. The molecule has 0 amide bonds. The quantitative estimate of drug-likeness (QED) is 0.0667. The fourth-order valence-electron chi connectivity index (χ4n) is 18.7. The minimum atomic E-state index is 0. The highest BCUT2D eigenvalue weighted by atomic mass is 32.1. The van der Waals surface area contributed by atoms with Gasteiger partial charge in [-0.05, 0) is 364 Å². The van der Waals surface area contributed by atoms with Gasteiger partial charge in [0.05, 0.1) is 0 Å². The molecule has 0 atom stereocenters. The topological polar surface area (TPSA) is 0 Å². The summed E-state index contributed by atoms with van der Waals surface area (Å²) in [6.45, 7) is 11.2. The van der Waals surface area contributed by atoms with E-state index in [0.29, 0.717) is 0 Å². The lowest BCUT2D eigenvalue weighted by atomic mass is 9.76. The molecule has 15 rings (SSSR count). The standard InChI is InChI=1S/5C21H25S.5FH/c5*1-2-3-16-4-6-17(7-5-16)18-8-10-19(11-9-18)20-12-14-21(22)15-13-20;;;;;/h5*4-7,12-15,18-19H,2-3,8-11H2,1H3;5*1H/t5*18-,19-;;;;;. The molecule has 10 aromatic carbocycles. The van der Waals surface area contributed by atoms with Crippen LogP contribution in [0.4, 0.5) is 23.5 Å². The predicted octanol–water partition coefficient (Wildman–Crippen LogP) is 33.9. The second-order valence-electron chi connectivity index (χ2n) is 33.0. The average molecular weight is 1650 g/mol. The van der Waals surface area contributed by atoms with Crippen LogP contribution in [0.15, 0.2) is 267 Å². The molecule has 5 aliphatic rings. The van der Waals surface area contributed by atoms with Crippen molar-refractivity contribution in [1.29, 1.82) is 0 Å². The van der Waals surface area contributed by atoms with Crippen LogP contribution in [0, 0.1) is 0 Å². The van der Waals surface area contributed by atoms with Crippen LogP contribution in [0.2, 0.25) is 0 Å². The minimum Gasteiger partial charge on any atom is -0.269 e. The van der Waals surface area contributed by atoms with E-state index in [0.717, 1.165) is 83.7 Å². The van der Waals surface area contributed by atoms with Gasteiger partial charge in [0.15, 0.2) is 0 Å². The number of aryl methyl sites for hydroxylation is 5. The minimum absolute atomic E-state index is 0. The Balaban J connectivity index is 0.000000221. The molecule has 5 aliphatic carbocycles. The molecule has 0 aliphatic heterocycles. The van der Waals surface area contributed by atoms with E-state index < -0.39 is 0 Å². The molecule has 10 aromatic rings. The molecular formula is C105H130F5S5. The first-order chi connectivity index (χ1) is 53.8. The normalized spacial score (nSPS) is 20.7. The van der Waals surface area contributed by atoms with Gasteiger partial charge in [-0.25, -0.2) is 0 Å². The molecule has 0 saturated heterocycles. The Hall–Kier alpha value is -7.05. The van der Waals surface area contributed by atoms with Gasteiger partial charge >= 0.3 is 0 Å². The van der Waals surface area contributed by atoms with E-state index in [2.05, 4.69) is 277 Å². The van der Waals surface area contributed by atoms with Crippen LogP contribution in [-0.4, -0.2) is 0 Å². The molecule has 5 fully saturated rings. The van der Waals surface area contributed by atoms with Crippen molar-refractivity contribution in [3.8, 4) is 0 Å². The lowest BCUT2D eigenvalue weighted by Crippen LogP contribution is -2.12. The van der Waals surface area contributed by atoms with E-state index in [-0.39, 0.29) is 23.5 Å². The van der Waals surface area contributed by atoms with Crippen LogP contribution in [0.25, 0.3) is 0 Å². The second kappa shape index (κ2) is 51.3. The zero-order valence-electron chi connectivity index (χ0n) is 69.2. The lowest BCUT2D eigenvalue weighted by molar-refractivity contribution is 0.396. The van der Waals surface area contributed by atoms with Gasteiger partial charge in [0.2, 0.25) is 0 Å². The molecule has 0 bridgehead atoms. The highest BCUT2D eigenvalue weighted by Crippen LogP contribution is 2.46. The predicted molar refractivity (Wildman–Crippen MR) is 496 cm³/mol. The van der Waals surface area contributed by atoms with Gasteiger partial charge in [-0.1, -0.05) is 312 Å². The molecule has 0 unspecified atom stereocenters. The van der Waals surface area contributed by atoms with Crippen molar-refractivity contribution in [2.24, 2.45) is 0 Å². The van der Waals surface area contributed by atoms with Crippen LogP contribution >= 0.6 is 63.1 Å². The Morgan fingerprint density at radius 3 is 0.330 bits per heavy atom. The Morgan fingerprint density at radius 1 is 0.157 bits per heavy atom. The first-order valence-corrected chi connectivity index (χ1v) is 45.1. The summed E-state index contributed by atoms with van der Waals surface area (Å²) < 4.78 is 0. The fraction of sp³-hybridized carbons (Fsp3) is 0.429. The van der Waals surface area contributed by atoms with Crippen LogP contribution in [0.1, 0.15) is 338 Å². The Labute approximate surface area is 718 Å². The van der Waals surface area contributed by atoms with E-state index in [1.165, 1.54) is 248 Å². The maximum atomic E-state index is 5.18. The average Bonchev–Trinajstić information content (AvgIpc) is 0.854. The highest BCUT2D eigenvalue weighted by Gasteiger charge is 2.29. The van der Waals surface area contributed by atoms with Gasteiger partial charge in [0.1, 0.15) is 0 Å². The van der Waals surface area contributed by atoms with Crippen molar-refractivity contribution in [3.05, 3.63) is 326 Å². The Morgan fingerprint density at radius 2 is 0.243 bits per heavy atom. The zero-order valence-corrected chi connectivity index (χ0v) is 73.2. The van der Waals surface area contributed by atoms with Crippen LogP contribution in [0.5, 0.6) is 0 Å². The maximum absolute atomic E-state index is 5.18. The SMILES string of the molecule is CCCc1ccc([C@H]2CC[C@H](c3ccc([S])cc3)CC2)cc1.CCCc1ccc([C@H]2CC[C@H](c3ccc([S])cc3)CC2)cc1.CCCc1ccc([C@H]2CC[C@H](c3ccc([S])cc3)CC2)cc1.CCCc1ccc([C@H]2CC[C@H](c3ccc([S])cc3)CC2)cc1.CCCc1ccc([C@H]2CC[C@H](c3ccc([S])cc3)CC2)cc1.F.F.F.F.F. The molecule has 0 heterocycles. The number of hydrogen-bond donors (Lipinski definition) is 0. The van der Waals surface area contributed by atoms with Crippen molar-refractivity contribution in [1.82, 2.24) is 0 Å². The van der Waals surface area contributed by atoms with Crippen molar-refractivity contribution >= 4 is 63.1 Å². The third kappa shape index (κ3) is 30.1. The monoisotopic (exact) mass is 1650 g/mol. The van der Waals surface area contributed by atoms with Crippen molar-refractivity contribution in [3.63, 3.8) is 0 Å². The largest absolute Gasteiger partial charge is 0.269 e. The first kappa shape index (κ1) is 96.8. The van der Waals surface area contributed by atoms with Crippen LogP contribution in [-0.2, 0) is 32.1 Å². The Bertz CT molecular complexity index is 3550. The number of halogens is 5. The third-order valence-corrected chi connectivity index (χ3v) is 26.7. The summed E-state index contributed by atoms with van der Waals surface area (Å²) in [6.07, 6.45) is 38.3. The van der Waals surface area contributed by atoms with Gasteiger partial charge in [-0.3, -0.25) is 23.5 Å². The lowest BCUT2D eigenvalue weighted by Gasteiger charge is -2.29. The maximum Gasteiger partial charge on any atom is 0.0377 e. The molecule has 115 heavy (non-hydrogen) atoms. The van der Waals surface area contributed by atoms with E-state index in [1.807, 2.05) is 0 Å². The summed E-state index contributed by atoms with van der Waals surface area (Å²) in [4.78, 5) is 4.74. The van der Waals surface area contributed by atoms with E-state index in [9.17, 15) is 0 Å². The van der Waals surface area contributed by atoms with Crippen molar-refractivity contribution in [2.45, 2.75) is 311 Å². The summed E-state index contributed by atoms with van der Waals surface area (Å²) in [5.41, 5.74) is 22.5. The number of rotatable bonds is 20. The molecule has 10 heteroatoms. The van der Waals surface area contributed by atoms with E-state index in [1.54, 1.807) is 27.8 Å². The molecule has 5 radical (unpaired) electrons. The summed E-state index contributed by atoms with van der Waals surface area (Å²) in [5, 5.41) is 0. The van der Waals surface area contributed by atoms with Gasteiger partial charge in [-0.15, -0.1) is 0 Å². The van der Waals surface area contributed by atoms with Crippen molar-refractivity contribution < 1.29 is 23.5 Å². The van der Waals surface area contributed by atoms with Gasteiger partial charge < -0.3 is 0 Å². The molecule has 0 nitrogen and oxygen atoms in total. The third-order valence-electron chi connectivity index (χ3n) is 25.3. The van der Waals surface area contributed by atoms with E-state index >= 15 is 0 Å². The van der Waals surface area contributed by atoms with Gasteiger partial charge in [-0.2, -0.15) is 0 Å². The smallest absolute Gasteiger partial charge is 0.0377 e. The summed E-state index contributed by atoms with van der Waals surface area (Å²) >= 11 is 25.9. The van der Waals surface area contributed by atoms with Gasteiger partial charge in [0, 0.05) is 24.5 Å². The summed E-state index contributed by atoms with van der Waals surface area (Å²) in [7, 11) is 0. The Kier molecular flexibility index (Phi) is 43.2. The molecule has 0 N–H and O–H groups in total. The van der Waals surface area contributed by atoms with E-state index in [4.69, 9.17) is 63.1 Å². The number of hydrogen-bond acceptors (Lipinski definition) is 0. The number of benzene rings is 10. The van der Waals surface area contributed by atoms with Crippen LogP contribution < -0.4 is 0 Å². The van der Waals surface area contributed by atoms with Crippen LogP contribution in [0.3, 0.4) is 0 Å². The molecule has 615 valence electrons.